The van der Waals surface area contributed by atoms with Gasteiger partial charge in [0.25, 0.3) is 0 Å². The number of nitrogens with zero attached hydrogens (tertiary/aromatic N) is 1. The molecule has 4 nitrogen and oxygen atoms in total. The van der Waals surface area contributed by atoms with E-state index < -0.39 is 0 Å². The molecule has 2 aromatic rings. The number of carbonyl (C=O) groups is 1. The van der Waals surface area contributed by atoms with Crippen LogP contribution in [0.3, 0.4) is 0 Å². The first kappa shape index (κ1) is 9.58. The fourth-order valence-electron chi connectivity index (χ4n) is 1.64. The number of anilines is 1. The summed E-state index contributed by atoms with van der Waals surface area (Å²) < 4.78 is 2.00. The number of aromatic nitrogens is 1. The van der Waals surface area contributed by atoms with Crippen LogP contribution in [0.2, 0.25) is 0 Å². The van der Waals surface area contributed by atoms with E-state index in [1.54, 1.807) is 0 Å². The van der Waals surface area contributed by atoms with Crippen LogP contribution in [0.4, 0.5) is 5.69 Å². The van der Waals surface area contributed by atoms with Crippen LogP contribution in [0, 0.1) is 0 Å². The third kappa shape index (κ3) is 1.93. The average Bonchev–Trinajstić information content (AvgIpc) is 2.57. The molecule has 0 bridgehead atoms. The number of nitrogens with two attached hydrogens (primary N) is 2. The summed E-state index contributed by atoms with van der Waals surface area (Å²) >= 11 is 0. The van der Waals surface area contributed by atoms with Gasteiger partial charge in [-0.05, 0) is 24.3 Å². The maximum absolute atomic E-state index is 10.7. The predicted octanol–water partition coefficient (Wildman–Crippen LogP) is 1.10. The zero-order valence-corrected chi connectivity index (χ0v) is 8.31. The van der Waals surface area contributed by atoms with Crippen LogP contribution < -0.4 is 11.5 Å². The summed E-state index contributed by atoms with van der Waals surface area (Å²) in [5.74, 6) is -0.285. The van der Waals surface area contributed by atoms with Crippen LogP contribution in [0.1, 0.15) is 6.42 Å². The molecule has 0 radical (unpaired) electrons. The largest absolute Gasteiger partial charge is 0.399 e. The number of hydrogen-bond donors (Lipinski definition) is 2. The Morgan fingerprint density at radius 3 is 2.87 bits per heavy atom. The minimum Gasteiger partial charge on any atom is -0.399 e. The Kier molecular flexibility index (Phi) is 2.33. The fourth-order valence-corrected chi connectivity index (χ4v) is 1.64. The van der Waals surface area contributed by atoms with Crippen molar-refractivity contribution < 1.29 is 4.79 Å². The number of aryl methyl sites for hydroxylation is 1. The number of carbonyl (C=O) groups excluding carboxylic acids is 1. The summed E-state index contributed by atoms with van der Waals surface area (Å²) in [5.41, 5.74) is 12.6. The molecule has 0 atom stereocenters. The Morgan fingerprint density at radius 1 is 1.33 bits per heavy atom. The predicted molar refractivity (Wildman–Crippen MR) is 60.2 cm³/mol. The van der Waals surface area contributed by atoms with Crippen molar-refractivity contribution in [3.8, 4) is 0 Å². The summed E-state index contributed by atoms with van der Waals surface area (Å²) in [6, 6.07) is 7.69. The maximum Gasteiger partial charge on any atom is 0.219 e. The minimum absolute atomic E-state index is 0.285. The Bertz CT molecular complexity index is 502. The summed E-state index contributed by atoms with van der Waals surface area (Å²) in [5, 5.41) is 1.08. The highest BCUT2D eigenvalue weighted by atomic mass is 16.1. The fraction of sp³-hybridized carbons (Fsp3) is 0.182. The van der Waals surface area contributed by atoms with Crippen LogP contribution in [0.5, 0.6) is 0 Å². The highest BCUT2D eigenvalue weighted by Crippen LogP contribution is 2.18. The number of nitrogen functional groups attached to an aromatic ring is 1. The second kappa shape index (κ2) is 3.65. The molecule has 2 rings (SSSR count). The molecule has 0 fully saturated rings. The summed E-state index contributed by atoms with van der Waals surface area (Å²) in [4.78, 5) is 10.7. The molecule has 0 saturated carbocycles. The van der Waals surface area contributed by atoms with E-state index in [9.17, 15) is 4.79 Å². The maximum atomic E-state index is 10.7. The van der Waals surface area contributed by atoms with Crippen molar-refractivity contribution in [2.75, 3.05) is 5.73 Å². The molecule has 0 spiro atoms. The zero-order chi connectivity index (χ0) is 10.8. The molecule has 4 N–H and O–H groups in total. The van der Waals surface area contributed by atoms with Gasteiger partial charge in [0.2, 0.25) is 5.91 Å². The molecular weight excluding hydrogens is 190 g/mol. The molecule has 15 heavy (non-hydrogen) atoms. The Balaban J connectivity index is 2.32. The average molecular weight is 203 g/mol. The lowest BCUT2D eigenvalue weighted by molar-refractivity contribution is -0.118. The van der Waals surface area contributed by atoms with Gasteiger partial charge in [0.05, 0.1) is 0 Å². The first-order valence-electron chi connectivity index (χ1n) is 4.79. The van der Waals surface area contributed by atoms with Crippen LogP contribution >= 0.6 is 0 Å². The Hall–Kier alpha value is -1.97. The van der Waals surface area contributed by atoms with E-state index in [-0.39, 0.29) is 5.91 Å². The van der Waals surface area contributed by atoms with Crippen LogP contribution in [0.25, 0.3) is 10.9 Å². The van der Waals surface area contributed by atoms with Crippen molar-refractivity contribution >= 4 is 22.5 Å². The van der Waals surface area contributed by atoms with E-state index in [1.807, 2.05) is 35.0 Å². The molecule has 0 aliphatic rings. The normalized spacial score (nSPS) is 10.7. The van der Waals surface area contributed by atoms with Crippen LogP contribution in [0.15, 0.2) is 30.5 Å². The van der Waals surface area contributed by atoms with E-state index in [1.165, 1.54) is 0 Å². The van der Waals surface area contributed by atoms with Crippen LogP contribution in [-0.4, -0.2) is 10.5 Å². The summed E-state index contributed by atoms with van der Waals surface area (Å²) in [6.45, 7) is 0.614. The van der Waals surface area contributed by atoms with Gasteiger partial charge in [-0.1, -0.05) is 0 Å². The van der Waals surface area contributed by atoms with Crippen molar-refractivity contribution in [3.63, 3.8) is 0 Å². The van der Waals surface area contributed by atoms with Crippen molar-refractivity contribution in [2.24, 2.45) is 5.73 Å². The Morgan fingerprint density at radius 2 is 2.13 bits per heavy atom. The molecule has 1 amide bonds. The zero-order valence-electron chi connectivity index (χ0n) is 8.31. The highest BCUT2D eigenvalue weighted by molar-refractivity contribution is 5.83. The second-order valence-electron chi connectivity index (χ2n) is 3.54. The monoisotopic (exact) mass is 203 g/mol. The van der Waals surface area contributed by atoms with Gasteiger partial charge >= 0.3 is 0 Å². The third-order valence-electron chi connectivity index (χ3n) is 2.39. The first-order chi connectivity index (χ1) is 7.16. The molecule has 0 aliphatic carbocycles. The van der Waals surface area contributed by atoms with Crippen molar-refractivity contribution in [1.82, 2.24) is 4.57 Å². The van der Waals surface area contributed by atoms with E-state index in [0.29, 0.717) is 13.0 Å². The smallest absolute Gasteiger partial charge is 0.219 e. The molecule has 78 valence electrons. The van der Waals surface area contributed by atoms with Gasteiger partial charge in [-0.25, -0.2) is 0 Å². The highest BCUT2D eigenvalue weighted by Gasteiger charge is 2.02. The van der Waals surface area contributed by atoms with Gasteiger partial charge in [-0.3, -0.25) is 4.79 Å². The quantitative estimate of drug-likeness (QED) is 0.733. The number of amides is 1. The van der Waals surface area contributed by atoms with E-state index >= 15 is 0 Å². The standard InChI is InChI=1S/C11H13N3O/c12-9-1-2-10-8(7-9)3-5-14(10)6-4-11(13)15/h1-3,5,7H,4,6,12H2,(H2,13,15). The number of benzene rings is 1. The van der Waals surface area contributed by atoms with Crippen molar-refractivity contribution in [3.05, 3.63) is 30.5 Å². The lowest BCUT2D eigenvalue weighted by Crippen LogP contribution is -2.13. The first-order valence-corrected chi connectivity index (χ1v) is 4.79. The Labute approximate surface area is 87.5 Å². The van der Waals surface area contributed by atoms with Gasteiger partial charge in [0, 0.05) is 35.8 Å². The lowest BCUT2D eigenvalue weighted by atomic mass is 10.2. The lowest BCUT2D eigenvalue weighted by Gasteiger charge is -2.03. The molecule has 0 saturated heterocycles. The van der Waals surface area contributed by atoms with E-state index in [4.69, 9.17) is 11.5 Å². The second-order valence-corrected chi connectivity index (χ2v) is 3.54. The molecular formula is C11H13N3O. The van der Waals surface area contributed by atoms with Gasteiger partial charge in [0.15, 0.2) is 0 Å². The van der Waals surface area contributed by atoms with Crippen molar-refractivity contribution in [2.45, 2.75) is 13.0 Å². The van der Waals surface area contributed by atoms with Gasteiger partial charge in [-0.2, -0.15) is 0 Å². The molecule has 1 aromatic carbocycles. The third-order valence-corrected chi connectivity index (χ3v) is 2.39. The van der Waals surface area contributed by atoms with Gasteiger partial charge < -0.3 is 16.0 Å². The van der Waals surface area contributed by atoms with Crippen molar-refractivity contribution in [1.29, 1.82) is 0 Å². The van der Waals surface area contributed by atoms with Crippen LogP contribution in [-0.2, 0) is 11.3 Å². The van der Waals surface area contributed by atoms with E-state index in [2.05, 4.69) is 0 Å². The van der Waals surface area contributed by atoms with Gasteiger partial charge in [-0.15, -0.1) is 0 Å². The SMILES string of the molecule is NC(=O)CCn1ccc2cc(N)ccc21. The number of primary amides is 1. The summed E-state index contributed by atoms with van der Waals surface area (Å²) in [7, 11) is 0. The molecule has 4 heteroatoms. The molecule has 1 aromatic heterocycles. The topological polar surface area (TPSA) is 74.0 Å². The molecule has 0 unspecified atom stereocenters. The van der Waals surface area contributed by atoms with E-state index in [0.717, 1.165) is 16.6 Å². The molecule has 0 aliphatic heterocycles. The number of hydrogen-bond acceptors (Lipinski definition) is 2. The van der Waals surface area contributed by atoms with Gasteiger partial charge in [0.1, 0.15) is 0 Å². The summed E-state index contributed by atoms with van der Waals surface area (Å²) in [6.07, 6.45) is 2.29. The molecule has 1 heterocycles. The minimum atomic E-state index is -0.285. The number of rotatable bonds is 3. The number of fused-ring (bicyclic) bond motifs is 1.